The third-order valence-electron chi connectivity index (χ3n) is 2.87. The minimum Gasteiger partial charge on any atom is -0.261 e. The monoisotopic (exact) mass is 257 g/mol. The van der Waals surface area contributed by atoms with Gasteiger partial charge in [-0.15, -0.1) is 11.6 Å². The molecule has 0 aliphatic rings. The molecule has 0 saturated heterocycles. The molecular formula is C16H16ClN. The number of aromatic nitrogens is 1. The van der Waals surface area contributed by atoms with Crippen LogP contribution in [0.25, 0.3) is 0 Å². The predicted octanol–water partition coefficient (Wildman–Crippen LogP) is 4.40. The summed E-state index contributed by atoms with van der Waals surface area (Å²) in [6, 6.07) is 16.5. The summed E-state index contributed by atoms with van der Waals surface area (Å²) in [4.78, 5) is 4.47. The normalized spacial score (nSPS) is 12.7. The van der Waals surface area contributed by atoms with Gasteiger partial charge in [-0.3, -0.25) is 4.98 Å². The minimum absolute atomic E-state index is 0.298. The van der Waals surface area contributed by atoms with E-state index in [4.69, 9.17) is 11.6 Å². The van der Waals surface area contributed by atoms with Crippen LogP contribution in [-0.2, 0) is 0 Å². The second-order valence-corrected chi connectivity index (χ2v) is 4.39. The minimum atomic E-state index is 0.298. The molecule has 1 unspecified atom stereocenters. The van der Waals surface area contributed by atoms with E-state index in [2.05, 4.69) is 41.4 Å². The molecule has 1 nitrogen and oxygen atoms in total. The van der Waals surface area contributed by atoms with Gasteiger partial charge in [0.15, 0.2) is 0 Å². The van der Waals surface area contributed by atoms with Crippen molar-refractivity contribution in [3.8, 4) is 0 Å². The van der Waals surface area contributed by atoms with Crippen LogP contribution in [0.5, 0.6) is 0 Å². The van der Waals surface area contributed by atoms with Crippen LogP contribution in [0.2, 0.25) is 0 Å². The molecule has 0 spiro atoms. The third-order valence-corrected chi connectivity index (χ3v) is 3.05. The lowest BCUT2D eigenvalue weighted by atomic mass is 9.92. The molecule has 0 radical (unpaired) electrons. The Bertz CT molecular complexity index is 439. The summed E-state index contributed by atoms with van der Waals surface area (Å²) >= 11 is 5.67. The maximum Gasteiger partial charge on any atom is 0.0481 e. The Hall–Kier alpha value is -1.60. The van der Waals surface area contributed by atoms with Crippen molar-refractivity contribution in [2.24, 2.45) is 0 Å². The molecule has 0 fully saturated rings. The van der Waals surface area contributed by atoms with Crippen LogP contribution in [0, 0.1) is 0 Å². The fourth-order valence-electron chi connectivity index (χ4n) is 1.99. The van der Waals surface area contributed by atoms with Gasteiger partial charge in [0.05, 0.1) is 0 Å². The molecule has 1 atom stereocenters. The van der Waals surface area contributed by atoms with Crippen LogP contribution < -0.4 is 0 Å². The summed E-state index contributed by atoms with van der Waals surface area (Å²) in [7, 11) is 0. The molecule has 0 aliphatic carbocycles. The van der Waals surface area contributed by atoms with E-state index in [0.29, 0.717) is 11.8 Å². The van der Waals surface area contributed by atoms with Gasteiger partial charge in [0.2, 0.25) is 0 Å². The first-order valence-electron chi connectivity index (χ1n) is 6.08. The van der Waals surface area contributed by atoms with E-state index in [1.54, 1.807) is 0 Å². The Morgan fingerprint density at radius 3 is 2.44 bits per heavy atom. The summed E-state index contributed by atoms with van der Waals surface area (Å²) in [6.45, 7) is 0. The molecule has 1 heterocycles. The SMILES string of the molecule is ClC/C=C\CC(c1ccccc1)c1ccccn1. The van der Waals surface area contributed by atoms with E-state index in [9.17, 15) is 0 Å². The molecule has 1 aromatic heterocycles. The van der Waals surface area contributed by atoms with Crippen molar-refractivity contribution in [3.05, 3.63) is 78.1 Å². The molecule has 2 rings (SSSR count). The molecule has 0 aliphatic heterocycles. The van der Waals surface area contributed by atoms with Crippen LogP contribution in [0.3, 0.4) is 0 Å². The van der Waals surface area contributed by atoms with Gasteiger partial charge < -0.3 is 0 Å². The highest BCUT2D eigenvalue weighted by molar-refractivity contribution is 6.18. The summed E-state index contributed by atoms with van der Waals surface area (Å²) < 4.78 is 0. The number of rotatable bonds is 5. The topological polar surface area (TPSA) is 12.9 Å². The van der Waals surface area contributed by atoms with Crippen LogP contribution >= 0.6 is 11.6 Å². The van der Waals surface area contributed by atoms with Gasteiger partial charge >= 0.3 is 0 Å². The molecule has 0 bridgehead atoms. The second kappa shape index (κ2) is 6.97. The first-order valence-corrected chi connectivity index (χ1v) is 6.62. The Labute approximate surface area is 113 Å². The Morgan fingerprint density at radius 2 is 1.78 bits per heavy atom. The van der Waals surface area contributed by atoms with Gasteiger partial charge in [0.25, 0.3) is 0 Å². The van der Waals surface area contributed by atoms with Crippen molar-refractivity contribution in [2.75, 3.05) is 5.88 Å². The van der Waals surface area contributed by atoms with Gasteiger partial charge in [0, 0.05) is 23.7 Å². The average molecular weight is 258 g/mol. The summed E-state index contributed by atoms with van der Waals surface area (Å²) in [5, 5.41) is 0. The van der Waals surface area contributed by atoms with Crippen molar-refractivity contribution >= 4 is 11.6 Å². The standard InChI is InChI=1S/C16H16ClN/c17-12-6-4-10-15(14-8-2-1-3-9-14)16-11-5-7-13-18-16/h1-9,11,13,15H,10,12H2/b6-4-. The highest BCUT2D eigenvalue weighted by Gasteiger charge is 2.12. The molecule has 92 valence electrons. The van der Waals surface area contributed by atoms with Crippen molar-refractivity contribution in [3.63, 3.8) is 0 Å². The lowest BCUT2D eigenvalue weighted by molar-refractivity contribution is 0.794. The number of allylic oxidation sites excluding steroid dienone is 2. The van der Waals surface area contributed by atoms with Crippen LogP contribution in [0.1, 0.15) is 23.6 Å². The van der Waals surface area contributed by atoms with Crippen LogP contribution in [0.4, 0.5) is 0 Å². The van der Waals surface area contributed by atoms with Gasteiger partial charge in [-0.05, 0) is 24.1 Å². The lowest BCUT2D eigenvalue weighted by Gasteiger charge is -2.14. The summed E-state index contributed by atoms with van der Waals surface area (Å²) in [5.41, 5.74) is 2.39. The highest BCUT2D eigenvalue weighted by atomic mass is 35.5. The molecule has 18 heavy (non-hydrogen) atoms. The predicted molar refractivity (Wildman–Crippen MR) is 77.0 cm³/mol. The molecule has 0 N–H and O–H groups in total. The van der Waals surface area contributed by atoms with Gasteiger partial charge in [-0.2, -0.15) is 0 Å². The van der Waals surface area contributed by atoms with Crippen LogP contribution in [0.15, 0.2) is 66.9 Å². The maximum atomic E-state index is 5.67. The number of hydrogen-bond acceptors (Lipinski definition) is 1. The van der Waals surface area contributed by atoms with Gasteiger partial charge in [-0.1, -0.05) is 48.6 Å². The Morgan fingerprint density at radius 1 is 1.00 bits per heavy atom. The second-order valence-electron chi connectivity index (χ2n) is 4.08. The number of nitrogens with zero attached hydrogens (tertiary/aromatic N) is 1. The van der Waals surface area contributed by atoms with E-state index in [1.165, 1.54) is 5.56 Å². The molecular weight excluding hydrogens is 242 g/mol. The fraction of sp³-hybridized carbons (Fsp3) is 0.188. The van der Waals surface area contributed by atoms with Crippen molar-refractivity contribution in [2.45, 2.75) is 12.3 Å². The molecule has 0 amide bonds. The van der Waals surface area contributed by atoms with Gasteiger partial charge in [-0.25, -0.2) is 0 Å². The van der Waals surface area contributed by atoms with Gasteiger partial charge in [0.1, 0.15) is 0 Å². The zero-order valence-electron chi connectivity index (χ0n) is 10.2. The number of pyridine rings is 1. The molecule has 2 aromatic rings. The summed E-state index contributed by atoms with van der Waals surface area (Å²) in [5.74, 6) is 0.857. The maximum absolute atomic E-state index is 5.67. The van der Waals surface area contributed by atoms with Crippen molar-refractivity contribution in [1.82, 2.24) is 4.98 Å². The summed E-state index contributed by atoms with van der Waals surface area (Å²) in [6.07, 6.45) is 6.88. The third kappa shape index (κ3) is 3.44. The van der Waals surface area contributed by atoms with E-state index in [0.717, 1.165) is 12.1 Å². The smallest absolute Gasteiger partial charge is 0.0481 e. The first-order chi connectivity index (χ1) is 8.92. The largest absolute Gasteiger partial charge is 0.261 e. The van der Waals surface area contributed by atoms with E-state index >= 15 is 0 Å². The van der Waals surface area contributed by atoms with Crippen molar-refractivity contribution < 1.29 is 0 Å². The zero-order chi connectivity index (χ0) is 12.6. The number of halogens is 1. The number of alkyl halides is 1. The highest BCUT2D eigenvalue weighted by Crippen LogP contribution is 2.26. The number of hydrogen-bond donors (Lipinski definition) is 0. The molecule has 1 aromatic carbocycles. The lowest BCUT2D eigenvalue weighted by Crippen LogP contribution is -2.02. The Kier molecular flexibility index (Phi) is 4.98. The Balaban J connectivity index is 2.26. The first kappa shape index (κ1) is 12.8. The van der Waals surface area contributed by atoms with Crippen LogP contribution in [-0.4, -0.2) is 10.9 Å². The zero-order valence-corrected chi connectivity index (χ0v) is 10.9. The molecule has 0 saturated carbocycles. The van der Waals surface area contributed by atoms with E-state index in [-0.39, 0.29) is 0 Å². The quantitative estimate of drug-likeness (QED) is 0.572. The number of benzene rings is 1. The average Bonchev–Trinajstić information content (AvgIpc) is 2.46. The fourth-order valence-corrected chi connectivity index (χ4v) is 2.12. The van der Waals surface area contributed by atoms with Crippen molar-refractivity contribution in [1.29, 1.82) is 0 Å². The van der Waals surface area contributed by atoms with E-state index < -0.39 is 0 Å². The van der Waals surface area contributed by atoms with E-state index in [1.807, 2.05) is 30.5 Å². The molecule has 2 heteroatoms.